The van der Waals surface area contributed by atoms with Gasteiger partial charge in [0, 0.05) is 18.8 Å². The van der Waals surface area contributed by atoms with Gasteiger partial charge in [0.05, 0.1) is 25.7 Å². The number of carbonyl (C=O) groups excluding carboxylic acids is 3. The van der Waals surface area contributed by atoms with Gasteiger partial charge in [-0.05, 0) is 30.5 Å². The third-order valence-electron chi connectivity index (χ3n) is 4.47. The van der Waals surface area contributed by atoms with Gasteiger partial charge in [0.1, 0.15) is 6.54 Å². The SMILES string of the molecule is COC(=O)CNC(=O)Cc1ccc(NC(=O)C2CCCN(S(C)(=O)=O)C2)cc1. The molecule has 1 aromatic rings. The lowest BCUT2D eigenvalue weighted by atomic mass is 9.98. The molecular formula is C18H25N3O6S. The van der Waals surface area contributed by atoms with Crippen molar-refractivity contribution in [1.29, 1.82) is 0 Å². The Hall–Kier alpha value is -2.46. The zero-order valence-corrected chi connectivity index (χ0v) is 16.8. The van der Waals surface area contributed by atoms with Crippen LogP contribution < -0.4 is 10.6 Å². The quantitative estimate of drug-likeness (QED) is 0.615. The number of carbonyl (C=O) groups is 3. The Balaban J connectivity index is 1.87. The second kappa shape index (κ2) is 9.65. The van der Waals surface area contributed by atoms with Gasteiger partial charge in [-0.2, -0.15) is 0 Å². The van der Waals surface area contributed by atoms with E-state index in [-0.39, 0.29) is 31.3 Å². The van der Waals surface area contributed by atoms with Crippen LogP contribution in [-0.2, 0) is 35.6 Å². The molecule has 2 N–H and O–H groups in total. The molecule has 0 spiro atoms. The highest BCUT2D eigenvalue weighted by Crippen LogP contribution is 2.21. The highest BCUT2D eigenvalue weighted by atomic mass is 32.2. The van der Waals surface area contributed by atoms with Crippen molar-refractivity contribution >= 4 is 33.5 Å². The molecule has 0 aliphatic carbocycles. The fourth-order valence-corrected chi connectivity index (χ4v) is 3.81. The van der Waals surface area contributed by atoms with Gasteiger partial charge >= 0.3 is 5.97 Å². The molecule has 1 aliphatic rings. The molecule has 1 saturated heterocycles. The average Bonchev–Trinajstić information content (AvgIpc) is 2.67. The van der Waals surface area contributed by atoms with Gasteiger partial charge in [-0.25, -0.2) is 12.7 Å². The second-order valence-corrected chi connectivity index (χ2v) is 8.66. The Morgan fingerprint density at radius 1 is 1.21 bits per heavy atom. The first kappa shape index (κ1) is 21.8. The number of piperidine rings is 1. The monoisotopic (exact) mass is 411 g/mol. The minimum atomic E-state index is -3.31. The zero-order valence-electron chi connectivity index (χ0n) is 15.9. The predicted octanol–water partition coefficient (Wildman–Crippen LogP) is 0.128. The Morgan fingerprint density at radius 2 is 1.89 bits per heavy atom. The van der Waals surface area contributed by atoms with E-state index in [4.69, 9.17) is 0 Å². The summed E-state index contributed by atoms with van der Waals surface area (Å²) in [5.74, 6) is -1.46. The molecule has 1 atom stereocenters. The standard InChI is InChI=1S/C18H25N3O6S/c1-27-17(23)11-19-16(22)10-13-5-7-15(8-6-13)20-18(24)14-4-3-9-21(12-14)28(2,25)26/h5-8,14H,3-4,9-12H2,1-2H3,(H,19,22)(H,20,24). The lowest BCUT2D eigenvalue weighted by molar-refractivity contribution is -0.141. The summed E-state index contributed by atoms with van der Waals surface area (Å²) in [4.78, 5) is 35.2. The molecule has 0 radical (unpaired) electrons. The Bertz CT molecular complexity index is 822. The van der Waals surface area contributed by atoms with Gasteiger partial charge in [-0.1, -0.05) is 12.1 Å². The summed E-state index contributed by atoms with van der Waals surface area (Å²) in [6.45, 7) is 0.438. The number of nitrogens with one attached hydrogen (secondary N) is 2. The largest absolute Gasteiger partial charge is 0.468 e. The summed E-state index contributed by atoms with van der Waals surface area (Å²) >= 11 is 0. The topological polar surface area (TPSA) is 122 Å². The number of hydrogen-bond donors (Lipinski definition) is 2. The summed E-state index contributed by atoms with van der Waals surface area (Å²) in [5, 5.41) is 5.24. The van der Waals surface area contributed by atoms with Crippen molar-refractivity contribution in [2.24, 2.45) is 5.92 Å². The van der Waals surface area contributed by atoms with E-state index in [1.807, 2.05) is 0 Å². The van der Waals surface area contributed by atoms with Crippen LogP contribution in [0.15, 0.2) is 24.3 Å². The molecule has 2 rings (SSSR count). The van der Waals surface area contributed by atoms with Crippen LogP contribution in [0.1, 0.15) is 18.4 Å². The maximum Gasteiger partial charge on any atom is 0.325 e. The fraction of sp³-hybridized carbons (Fsp3) is 0.500. The van der Waals surface area contributed by atoms with Crippen LogP contribution in [0.25, 0.3) is 0 Å². The number of rotatable bonds is 7. The number of sulfonamides is 1. The molecule has 1 aromatic carbocycles. The van der Waals surface area contributed by atoms with Gasteiger partial charge in [0.2, 0.25) is 21.8 Å². The number of methoxy groups -OCH3 is 1. The Morgan fingerprint density at radius 3 is 2.50 bits per heavy atom. The molecule has 1 heterocycles. The summed E-state index contributed by atoms with van der Waals surface area (Å²) in [6, 6.07) is 6.77. The van der Waals surface area contributed by atoms with Gasteiger partial charge < -0.3 is 15.4 Å². The van der Waals surface area contributed by atoms with Crippen molar-refractivity contribution in [3.63, 3.8) is 0 Å². The summed E-state index contributed by atoms with van der Waals surface area (Å²) < 4.78 is 29.1. The summed E-state index contributed by atoms with van der Waals surface area (Å²) in [7, 11) is -2.06. The number of esters is 1. The molecular weight excluding hydrogens is 386 g/mol. The first-order valence-corrected chi connectivity index (χ1v) is 10.7. The number of amides is 2. The van der Waals surface area contributed by atoms with Crippen LogP contribution in [0, 0.1) is 5.92 Å². The average molecular weight is 411 g/mol. The maximum absolute atomic E-state index is 12.4. The molecule has 1 unspecified atom stereocenters. The van der Waals surface area contributed by atoms with Crippen LogP contribution in [-0.4, -0.2) is 63.5 Å². The van der Waals surface area contributed by atoms with E-state index in [0.717, 1.165) is 11.8 Å². The van der Waals surface area contributed by atoms with Crippen molar-refractivity contribution in [3.8, 4) is 0 Å². The lowest BCUT2D eigenvalue weighted by Crippen LogP contribution is -2.43. The summed E-state index contributed by atoms with van der Waals surface area (Å²) in [6.07, 6.45) is 2.52. The van der Waals surface area contributed by atoms with Gasteiger partial charge in [0.15, 0.2) is 0 Å². The molecule has 0 bridgehead atoms. The van der Waals surface area contributed by atoms with Crippen LogP contribution >= 0.6 is 0 Å². The number of hydrogen-bond acceptors (Lipinski definition) is 6. The highest BCUT2D eigenvalue weighted by Gasteiger charge is 2.30. The molecule has 10 heteroatoms. The lowest BCUT2D eigenvalue weighted by Gasteiger charge is -2.30. The fourth-order valence-electron chi connectivity index (χ4n) is 2.90. The first-order chi connectivity index (χ1) is 13.2. The molecule has 2 amide bonds. The normalized spacial score (nSPS) is 17.6. The number of benzene rings is 1. The molecule has 0 aromatic heterocycles. The van der Waals surface area contributed by atoms with Crippen LogP contribution in [0.3, 0.4) is 0 Å². The van der Waals surface area contributed by atoms with Crippen LogP contribution in [0.4, 0.5) is 5.69 Å². The van der Waals surface area contributed by atoms with Crippen molar-refractivity contribution in [2.45, 2.75) is 19.3 Å². The smallest absolute Gasteiger partial charge is 0.325 e. The van der Waals surface area contributed by atoms with E-state index in [1.165, 1.54) is 11.4 Å². The van der Waals surface area contributed by atoms with Crippen molar-refractivity contribution in [2.75, 3.05) is 38.3 Å². The van der Waals surface area contributed by atoms with Gasteiger partial charge in [0.25, 0.3) is 0 Å². The Kier molecular flexibility index (Phi) is 7.53. The van der Waals surface area contributed by atoms with Crippen molar-refractivity contribution in [3.05, 3.63) is 29.8 Å². The predicted molar refractivity (Wildman–Crippen MR) is 103 cm³/mol. The molecule has 0 saturated carbocycles. The van der Waals surface area contributed by atoms with Gasteiger partial charge in [-0.15, -0.1) is 0 Å². The summed E-state index contributed by atoms with van der Waals surface area (Å²) in [5.41, 5.74) is 1.29. The van der Waals surface area contributed by atoms with Crippen molar-refractivity contribution < 1.29 is 27.5 Å². The molecule has 9 nitrogen and oxygen atoms in total. The third-order valence-corrected chi connectivity index (χ3v) is 5.74. The van der Waals surface area contributed by atoms with E-state index < -0.39 is 21.9 Å². The first-order valence-electron chi connectivity index (χ1n) is 8.87. The number of nitrogens with zero attached hydrogens (tertiary/aromatic N) is 1. The molecule has 1 fully saturated rings. The van der Waals surface area contributed by atoms with Crippen molar-refractivity contribution in [1.82, 2.24) is 9.62 Å². The second-order valence-electron chi connectivity index (χ2n) is 6.68. The van der Waals surface area contributed by atoms with E-state index in [2.05, 4.69) is 15.4 Å². The van der Waals surface area contributed by atoms with Gasteiger partial charge in [-0.3, -0.25) is 14.4 Å². The molecule has 1 aliphatic heterocycles. The van der Waals surface area contributed by atoms with E-state index in [9.17, 15) is 22.8 Å². The molecule has 154 valence electrons. The Labute approximate surface area is 164 Å². The van der Waals surface area contributed by atoms with Crippen LogP contribution in [0.5, 0.6) is 0 Å². The minimum Gasteiger partial charge on any atom is -0.468 e. The van der Waals surface area contributed by atoms with E-state index in [1.54, 1.807) is 24.3 Å². The van der Waals surface area contributed by atoms with E-state index >= 15 is 0 Å². The zero-order chi connectivity index (χ0) is 20.7. The number of ether oxygens (including phenoxy) is 1. The molecule has 28 heavy (non-hydrogen) atoms. The number of anilines is 1. The minimum absolute atomic E-state index is 0.0944. The van der Waals surface area contributed by atoms with E-state index in [0.29, 0.717) is 25.1 Å². The highest BCUT2D eigenvalue weighted by molar-refractivity contribution is 7.88. The maximum atomic E-state index is 12.4. The van der Waals surface area contributed by atoms with Crippen LogP contribution in [0.2, 0.25) is 0 Å². The third kappa shape index (κ3) is 6.61.